The molecular weight excluding hydrogens is 1050 g/mol. The highest BCUT2D eigenvalue weighted by Gasteiger charge is 2.53. The fourth-order valence-corrected chi connectivity index (χ4v) is 14.7. The van der Waals surface area contributed by atoms with Crippen LogP contribution in [0.4, 0.5) is 56.9 Å². The van der Waals surface area contributed by atoms with Crippen LogP contribution in [0.2, 0.25) is 0 Å². The molecule has 3 atom stereocenters. The summed E-state index contributed by atoms with van der Waals surface area (Å²) in [6.45, 7) is 17.8. The van der Waals surface area contributed by atoms with Crippen LogP contribution in [0.25, 0.3) is 22.3 Å². The van der Waals surface area contributed by atoms with E-state index >= 15 is 0 Å². The molecule has 87 heavy (non-hydrogen) atoms. The minimum atomic E-state index is -0.831. The minimum absolute atomic E-state index is 0.455. The minimum Gasteiger partial charge on any atom is -0.314 e. The number of allylic oxidation sites excluding steroid dienone is 9. The summed E-state index contributed by atoms with van der Waals surface area (Å²) in [6.07, 6.45) is 16.2. The van der Waals surface area contributed by atoms with Crippen molar-refractivity contribution in [3.8, 4) is 22.3 Å². The zero-order chi connectivity index (χ0) is 59.2. The van der Waals surface area contributed by atoms with E-state index in [9.17, 15) is 0 Å². The first kappa shape index (κ1) is 53.8. The van der Waals surface area contributed by atoms with Gasteiger partial charge in [0.25, 0.3) is 0 Å². The van der Waals surface area contributed by atoms with Gasteiger partial charge in [-0.1, -0.05) is 126 Å². The van der Waals surface area contributed by atoms with Gasteiger partial charge >= 0.3 is 0 Å². The number of aryl methyl sites for hydroxylation is 6. The maximum atomic E-state index is 2.61. The number of anilines is 10. The van der Waals surface area contributed by atoms with Crippen LogP contribution in [0.15, 0.2) is 277 Å². The quantitative estimate of drug-likeness (QED) is 0.121. The SMILES string of the molecule is CC1=CC2CC2C(N(c2cccc(C)c2)c2ccc3c(c2)C2(c4cc(N(C5=CC=CCC(C)=C5)c5cccc(C)c5)ccc4-c4ccc(N(c5cccc(C)c5)c5cccc(C)c5)cc42)c2cc(N(c4cccc(C)c4)c4cccc(C)c4)ccc2-3)=C1. The molecule has 0 aliphatic heterocycles. The summed E-state index contributed by atoms with van der Waals surface area (Å²) in [6, 6.07) is 83.6. The van der Waals surface area contributed by atoms with Crippen LogP contribution in [-0.4, -0.2) is 0 Å². The molecule has 1 fully saturated rings. The van der Waals surface area contributed by atoms with E-state index in [1.165, 1.54) is 106 Å². The Morgan fingerprint density at radius 1 is 0.345 bits per heavy atom. The second-order valence-corrected chi connectivity index (χ2v) is 25.2. The third kappa shape index (κ3) is 9.38. The molecule has 0 aromatic heterocycles. The van der Waals surface area contributed by atoms with E-state index in [1.807, 2.05) is 0 Å². The van der Waals surface area contributed by atoms with Gasteiger partial charge in [0.1, 0.15) is 0 Å². The van der Waals surface area contributed by atoms with Gasteiger partial charge in [0, 0.05) is 74.2 Å². The Kier molecular flexibility index (Phi) is 13.1. The zero-order valence-electron chi connectivity index (χ0n) is 51.1. The van der Waals surface area contributed by atoms with Gasteiger partial charge in [0.05, 0.1) is 5.41 Å². The Bertz CT molecular complexity index is 4420. The highest BCUT2D eigenvalue weighted by atomic mass is 15.2. The molecule has 10 aromatic carbocycles. The van der Waals surface area contributed by atoms with Crippen LogP contribution >= 0.6 is 0 Å². The molecule has 0 radical (unpaired) electrons. The molecule has 3 unspecified atom stereocenters. The van der Waals surface area contributed by atoms with Crippen LogP contribution in [0.3, 0.4) is 0 Å². The van der Waals surface area contributed by atoms with Crippen molar-refractivity contribution in [3.05, 3.63) is 333 Å². The first-order chi connectivity index (χ1) is 42.4. The van der Waals surface area contributed by atoms with Crippen LogP contribution in [0, 0.1) is 53.4 Å². The predicted octanol–water partition coefficient (Wildman–Crippen LogP) is 22.4. The molecule has 4 nitrogen and oxygen atoms in total. The van der Waals surface area contributed by atoms with Crippen LogP contribution in [0.1, 0.15) is 82.3 Å². The van der Waals surface area contributed by atoms with Crippen molar-refractivity contribution in [1.29, 1.82) is 0 Å². The van der Waals surface area contributed by atoms with Crippen molar-refractivity contribution in [2.75, 3.05) is 19.6 Å². The summed E-state index contributed by atoms with van der Waals surface area (Å²) in [5.41, 5.74) is 32.9. The third-order valence-corrected chi connectivity index (χ3v) is 18.6. The maximum Gasteiger partial charge on any atom is 0.0728 e. The van der Waals surface area contributed by atoms with Crippen LogP contribution in [0.5, 0.6) is 0 Å². The van der Waals surface area contributed by atoms with E-state index < -0.39 is 5.41 Å². The summed E-state index contributed by atoms with van der Waals surface area (Å²) in [7, 11) is 0. The van der Waals surface area contributed by atoms with Gasteiger partial charge in [-0.3, -0.25) is 0 Å². The first-order valence-electron chi connectivity index (χ1n) is 31.0. The van der Waals surface area contributed by atoms with Crippen molar-refractivity contribution in [2.24, 2.45) is 11.8 Å². The second-order valence-electron chi connectivity index (χ2n) is 25.2. The van der Waals surface area contributed by atoms with E-state index in [2.05, 4.69) is 330 Å². The Morgan fingerprint density at radius 2 is 0.678 bits per heavy atom. The van der Waals surface area contributed by atoms with E-state index in [4.69, 9.17) is 0 Å². The van der Waals surface area contributed by atoms with Gasteiger partial charge in [-0.25, -0.2) is 0 Å². The molecule has 424 valence electrons. The summed E-state index contributed by atoms with van der Waals surface area (Å²) in [5.74, 6) is 1.01. The summed E-state index contributed by atoms with van der Waals surface area (Å²) >= 11 is 0. The standard InChI is InChI=1S/C83H72N4/c1-53-17-9-10-24-62(40-53)84(63-25-11-18-54(2)41-63)69-31-35-73-74-36-32-70(85(64-26-12-19-55(3)42-64)65-27-13-20-56(4)43-65)50-79(74)83(78(73)49-69)80-51-71(86(66-28-14-21-57(5)44-66)67-29-15-22-58(6)45-67)33-37-75(80)76-38-34-72(52-81(76)83)87(68-30-16-23-59(7)46-68)82-47-60(8)39-61-48-77(61)82/h9-16,18-47,49-52,61,77H,17,48H2,1-8H3. The number of hydrogen-bond acceptors (Lipinski definition) is 4. The smallest absolute Gasteiger partial charge is 0.0728 e. The zero-order valence-corrected chi connectivity index (χ0v) is 51.1. The van der Waals surface area contributed by atoms with Crippen molar-refractivity contribution >= 4 is 56.9 Å². The van der Waals surface area contributed by atoms with E-state index in [0.717, 1.165) is 64.0 Å². The van der Waals surface area contributed by atoms with Crippen LogP contribution in [-0.2, 0) is 5.41 Å². The molecule has 4 heteroatoms. The summed E-state index contributed by atoms with van der Waals surface area (Å²) in [5, 5.41) is 0. The first-order valence-corrected chi connectivity index (χ1v) is 31.0. The number of fused-ring (bicyclic) bond motifs is 11. The summed E-state index contributed by atoms with van der Waals surface area (Å²) in [4.78, 5) is 10.0. The number of hydrogen-bond donors (Lipinski definition) is 0. The highest BCUT2D eigenvalue weighted by Crippen LogP contribution is 2.66. The topological polar surface area (TPSA) is 13.0 Å². The number of rotatable bonds is 12. The van der Waals surface area contributed by atoms with E-state index in [-0.39, 0.29) is 0 Å². The molecule has 10 aromatic rings. The number of nitrogens with zero attached hydrogens (tertiary/aromatic N) is 4. The van der Waals surface area contributed by atoms with Crippen LogP contribution < -0.4 is 19.6 Å². The molecule has 1 saturated carbocycles. The van der Waals surface area contributed by atoms with E-state index in [0.29, 0.717) is 11.8 Å². The monoisotopic (exact) mass is 1120 g/mol. The van der Waals surface area contributed by atoms with Crippen molar-refractivity contribution in [2.45, 2.75) is 73.6 Å². The lowest BCUT2D eigenvalue weighted by molar-refractivity contribution is 0.792. The molecule has 5 aliphatic rings. The Morgan fingerprint density at radius 3 is 1.06 bits per heavy atom. The van der Waals surface area contributed by atoms with Gasteiger partial charge in [-0.2, -0.15) is 0 Å². The Balaban J connectivity index is 1.07. The van der Waals surface area contributed by atoms with Crippen molar-refractivity contribution < 1.29 is 0 Å². The van der Waals surface area contributed by atoms with Gasteiger partial charge in [0.2, 0.25) is 0 Å². The molecular formula is C83H72N4. The predicted molar refractivity (Wildman–Crippen MR) is 367 cm³/mol. The van der Waals surface area contributed by atoms with E-state index in [1.54, 1.807) is 0 Å². The summed E-state index contributed by atoms with van der Waals surface area (Å²) < 4.78 is 0. The molecule has 0 saturated heterocycles. The molecule has 15 rings (SSSR count). The highest BCUT2D eigenvalue weighted by molar-refractivity contribution is 5.99. The third-order valence-electron chi connectivity index (χ3n) is 18.6. The van der Waals surface area contributed by atoms with Gasteiger partial charge < -0.3 is 19.6 Å². The molecule has 0 amide bonds. The largest absolute Gasteiger partial charge is 0.314 e. The lowest BCUT2D eigenvalue weighted by Crippen LogP contribution is -2.28. The van der Waals surface area contributed by atoms with Gasteiger partial charge in [-0.15, -0.1) is 0 Å². The lowest BCUT2D eigenvalue weighted by atomic mass is 9.70. The molecule has 0 bridgehead atoms. The molecule has 5 aliphatic carbocycles. The van der Waals surface area contributed by atoms with Gasteiger partial charge in [-0.05, 0) is 292 Å². The molecule has 0 N–H and O–H groups in total. The molecule has 0 heterocycles. The fraction of sp³-hybridized carbons (Fsp3) is 0.157. The average Bonchev–Trinajstić information content (AvgIpc) is 1.51. The van der Waals surface area contributed by atoms with Crippen molar-refractivity contribution in [3.63, 3.8) is 0 Å². The maximum absolute atomic E-state index is 2.61. The van der Waals surface area contributed by atoms with Gasteiger partial charge in [0.15, 0.2) is 0 Å². The molecule has 1 spiro atoms. The van der Waals surface area contributed by atoms with Crippen molar-refractivity contribution in [1.82, 2.24) is 0 Å². The fourth-order valence-electron chi connectivity index (χ4n) is 14.7. The normalized spacial score (nSPS) is 17.4. The Labute approximate surface area is 514 Å². The Hall–Kier alpha value is -9.90. The number of benzene rings is 10. The lowest BCUT2D eigenvalue weighted by Gasteiger charge is -2.35. The average molecular weight is 1130 g/mol. The second kappa shape index (κ2) is 21.3.